The lowest BCUT2D eigenvalue weighted by molar-refractivity contribution is 0.738. The Balaban J connectivity index is 2.47. The van der Waals surface area contributed by atoms with E-state index in [2.05, 4.69) is 0 Å². The number of nitrogens with two attached hydrogens (primary N) is 1. The van der Waals surface area contributed by atoms with Crippen molar-refractivity contribution < 1.29 is 0 Å². The van der Waals surface area contributed by atoms with Crippen LogP contribution in [0.25, 0.3) is 11.1 Å². The molecule has 0 aliphatic heterocycles. The lowest BCUT2D eigenvalue weighted by atomic mass is 10.0. The minimum Gasteiger partial charge on any atom is -0.328 e. The summed E-state index contributed by atoms with van der Waals surface area (Å²) in [4.78, 5) is 0. The molecular formula is C15H13Cl4N. The molecule has 0 saturated carbocycles. The van der Waals surface area contributed by atoms with Crippen molar-refractivity contribution in [3.8, 4) is 11.1 Å². The van der Waals surface area contributed by atoms with E-state index in [-0.39, 0.29) is 6.04 Å². The average molecular weight is 349 g/mol. The molecule has 1 unspecified atom stereocenters. The van der Waals surface area contributed by atoms with Crippen LogP contribution in [-0.2, 0) is 6.42 Å². The van der Waals surface area contributed by atoms with E-state index in [0.717, 1.165) is 17.5 Å². The second-order valence-corrected chi connectivity index (χ2v) is 6.29. The highest BCUT2D eigenvalue weighted by molar-refractivity contribution is 6.50. The standard InChI is InChI=1S/C15H13Cl4N/c1-8(20)6-9-2-4-10(5-3-9)13-14(18)11(16)7-12(17)15(13)19/h2-5,7-8H,6,20H2,1H3. The predicted octanol–water partition coefficient (Wildman–Crippen LogP) is 5.86. The molecule has 5 heteroatoms. The third kappa shape index (κ3) is 3.41. The Hall–Kier alpha value is -0.440. The summed E-state index contributed by atoms with van der Waals surface area (Å²) in [5.41, 5.74) is 8.47. The van der Waals surface area contributed by atoms with E-state index in [9.17, 15) is 0 Å². The zero-order valence-corrected chi connectivity index (χ0v) is 13.8. The van der Waals surface area contributed by atoms with Gasteiger partial charge >= 0.3 is 0 Å². The Bertz CT molecular complexity index is 595. The molecule has 0 amide bonds. The maximum absolute atomic E-state index is 6.23. The second-order valence-electron chi connectivity index (χ2n) is 4.72. The first-order valence-electron chi connectivity index (χ1n) is 6.08. The van der Waals surface area contributed by atoms with Crippen molar-refractivity contribution in [2.75, 3.05) is 0 Å². The van der Waals surface area contributed by atoms with Gasteiger partial charge in [0.15, 0.2) is 0 Å². The maximum atomic E-state index is 6.23. The Morgan fingerprint density at radius 2 is 1.45 bits per heavy atom. The van der Waals surface area contributed by atoms with Crippen LogP contribution < -0.4 is 5.73 Å². The Morgan fingerprint density at radius 1 is 0.950 bits per heavy atom. The van der Waals surface area contributed by atoms with E-state index in [1.165, 1.54) is 0 Å². The lowest BCUT2D eigenvalue weighted by Crippen LogP contribution is -2.17. The molecule has 106 valence electrons. The average Bonchev–Trinajstić information content (AvgIpc) is 2.38. The lowest BCUT2D eigenvalue weighted by Gasteiger charge is -2.12. The maximum Gasteiger partial charge on any atom is 0.0686 e. The summed E-state index contributed by atoms with van der Waals surface area (Å²) in [5.74, 6) is 0. The molecule has 0 heterocycles. The molecule has 20 heavy (non-hydrogen) atoms. The number of halogens is 4. The Kier molecular flexibility index (Phi) is 5.22. The summed E-state index contributed by atoms with van der Waals surface area (Å²) >= 11 is 24.6. The molecule has 1 nitrogen and oxygen atoms in total. The minimum atomic E-state index is 0.119. The van der Waals surface area contributed by atoms with Crippen LogP contribution in [0.5, 0.6) is 0 Å². The molecule has 0 aliphatic carbocycles. The van der Waals surface area contributed by atoms with E-state index in [4.69, 9.17) is 52.1 Å². The van der Waals surface area contributed by atoms with E-state index in [1.807, 2.05) is 31.2 Å². The van der Waals surface area contributed by atoms with Gasteiger partial charge in [-0.05, 0) is 30.5 Å². The van der Waals surface area contributed by atoms with Crippen molar-refractivity contribution in [3.63, 3.8) is 0 Å². The SMILES string of the molecule is CC(N)Cc1ccc(-c2c(Cl)c(Cl)cc(Cl)c2Cl)cc1. The number of hydrogen-bond donors (Lipinski definition) is 1. The van der Waals surface area contributed by atoms with Crippen molar-refractivity contribution >= 4 is 46.4 Å². The van der Waals surface area contributed by atoms with Crippen molar-refractivity contribution in [1.29, 1.82) is 0 Å². The molecule has 1 atom stereocenters. The van der Waals surface area contributed by atoms with Crippen LogP contribution in [0.3, 0.4) is 0 Å². The monoisotopic (exact) mass is 347 g/mol. The van der Waals surface area contributed by atoms with Gasteiger partial charge in [0.2, 0.25) is 0 Å². The van der Waals surface area contributed by atoms with Crippen molar-refractivity contribution in [2.45, 2.75) is 19.4 Å². The van der Waals surface area contributed by atoms with Gasteiger partial charge in [0.25, 0.3) is 0 Å². The topological polar surface area (TPSA) is 26.0 Å². The van der Waals surface area contributed by atoms with Crippen LogP contribution in [0.15, 0.2) is 30.3 Å². The molecule has 0 radical (unpaired) electrons. The van der Waals surface area contributed by atoms with Crippen LogP contribution in [0.4, 0.5) is 0 Å². The number of rotatable bonds is 3. The minimum absolute atomic E-state index is 0.119. The highest BCUT2D eigenvalue weighted by Crippen LogP contribution is 2.43. The number of benzene rings is 2. The molecule has 2 N–H and O–H groups in total. The van der Waals surface area contributed by atoms with Crippen LogP contribution >= 0.6 is 46.4 Å². The molecule has 0 aromatic heterocycles. The Labute approximate surface area is 138 Å². The normalized spacial score (nSPS) is 12.5. The summed E-state index contributed by atoms with van der Waals surface area (Å²) in [6.07, 6.45) is 0.818. The molecule has 2 aromatic carbocycles. The third-order valence-electron chi connectivity index (χ3n) is 2.91. The van der Waals surface area contributed by atoms with Gasteiger partial charge in [0.05, 0.1) is 20.1 Å². The van der Waals surface area contributed by atoms with Gasteiger partial charge in [-0.2, -0.15) is 0 Å². The fraction of sp³-hybridized carbons (Fsp3) is 0.200. The fourth-order valence-corrected chi connectivity index (χ4v) is 3.03. The first-order valence-corrected chi connectivity index (χ1v) is 7.59. The molecule has 0 saturated heterocycles. The summed E-state index contributed by atoms with van der Waals surface area (Å²) in [5, 5.41) is 1.58. The van der Waals surface area contributed by atoms with E-state index in [1.54, 1.807) is 6.07 Å². The van der Waals surface area contributed by atoms with E-state index < -0.39 is 0 Å². The zero-order chi connectivity index (χ0) is 14.9. The van der Waals surface area contributed by atoms with E-state index in [0.29, 0.717) is 25.7 Å². The van der Waals surface area contributed by atoms with E-state index >= 15 is 0 Å². The Morgan fingerprint density at radius 3 is 1.90 bits per heavy atom. The van der Waals surface area contributed by atoms with Gasteiger partial charge in [-0.25, -0.2) is 0 Å². The van der Waals surface area contributed by atoms with Crippen LogP contribution in [0.2, 0.25) is 20.1 Å². The molecule has 0 aliphatic rings. The second kappa shape index (κ2) is 6.55. The molecular weight excluding hydrogens is 336 g/mol. The van der Waals surface area contributed by atoms with Gasteiger partial charge in [-0.15, -0.1) is 0 Å². The van der Waals surface area contributed by atoms with Crippen molar-refractivity contribution in [3.05, 3.63) is 56.0 Å². The first-order chi connectivity index (χ1) is 9.40. The number of hydrogen-bond acceptors (Lipinski definition) is 1. The highest BCUT2D eigenvalue weighted by Gasteiger charge is 2.15. The van der Waals surface area contributed by atoms with Crippen LogP contribution in [0.1, 0.15) is 12.5 Å². The first kappa shape index (κ1) is 15.9. The highest BCUT2D eigenvalue weighted by atomic mass is 35.5. The van der Waals surface area contributed by atoms with Gasteiger partial charge in [0.1, 0.15) is 0 Å². The summed E-state index contributed by atoms with van der Waals surface area (Å²) in [6.45, 7) is 1.97. The largest absolute Gasteiger partial charge is 0.328 e. The predicted molar refractivity (Wildman–Crippen MR) is 89.3 cm³/mol. The van der Waals surface area contributed by atoms with Crippen molar-refractivity contribution in [2.24, 2.45) is 5.73 Å². The molecule has 0 bridgehead atoms. The van der Waals surface area contributed by atoms with Gasteiger partial charge in [-0.3, -0.25) is 0 Å². The van der Waals surface area contributed by atoms with Gasteiger partial charge in [-0.1, -0.05) is 70.7 Å². The third-order valence-corrected chi connectivity index (χ3v) is 4.49. The zero-order valence-electron chi connectivity index (χ0n) is 10.8. The van der Waals surface area contributed by atoms with Crippen molar-refractivity contribution in [1.82, 2.24) is 0 Å². The van der Waals surface area contributed by atoms with Gasteiger partial charge < -0.3 is 5.73 Å². The van der Waals surface area contributed by atoms with Gasteiger partial charge in [0, 0.05) is 11.6 Å². The van der Waals surface area contributed by atoms with Crippen LogP contribution in [-0.4, -0.2) is 6.04 Å². The fourth-order valence-electron chi connectivity index (χ4n) is 2.01. The molecule has 2 rings (SSSR count). The smallest absolute Gasteiger partial charge is 0.0686 e. The molecule has 0 spiro atoms. The van der Waals surface area contributed by atoms with Crippen LogP contribution in [0, 0.1) is 0 Å². The molecule has 2 aromatic rings. The summed E-state index contributed by atoms with van der Waals surface area (Å²) in [7, 11) is 0. The quantitative estimate of drug-likeness (QED) is 0.691. The summed E-state index contributed by atoms with van der Waals surface area (Å²) < 4.78 is 0. The summed E-state index contributed by atoms with van der Waals surface area (Å²) in [6, 6.07) is 9.55. The molecule has 0 fully saturated rings.